The van der Waals surface area contributed by atoms with Gasteiger partial charge < -0.3 is 5.32 Å². The van der Waals surface area contributed by atoms with Gasteiger partial charge in [0, 0.05) is 15.8 Å². The number of anilines is 2. The van der Waals surface area contributed by atoms with Gasteiger partial charge in [0.25, 0.3) is 5.91 Å². The molecule has 1 atom stereocenters. The molecule has 0 fully saturated rings. The first-order chi connectivity index (χ1) is 12.7. The van der Waals surface area contributed by atoms with Gasteiger partial charge in [-0.25, -0.2) is 0 Å². The van der Waals surface area contributed by atoms with E-state index in [1.165, 1.54) is 0 Å². The van der Waals surface area contributed by atoms with Gasteiger partial charge in [-0.3, -0.25) is 9.69 Å². The molecule has 4 rings (SSSR count). The first-order valence-electron chi connectivity index (χ1n) is 8.40. The lowest BCUT2D eigenvalue weighted by Gasteiger charge is -2.36. The third kappa shape index (κ3) is 3.28. The maximum absolute atomic E-state index is 13.2. The molecule has 4 heteroatoms. The summed E-state index contributed by atoms with van der Waals surface area (Å²) in [5.41, 5.74) is 3.48. The molecule has 0 aromatic heterocycles. The van der Waals surface area contributed by atoms with Gasteiger partial charge in [0.2, 0.25) is 0 Å². The summed E-state index contributed by atoms with van der Waals surface area (Å²) in [6.07, 6.45) is 3.79. The number of nitrogens with zero attached hydrogens (tertiary/aromatic N) is 1. The second-order valence-corrected chi connectivity index (χ2v) is 6.97. The summed E-state index contributed by atoms with van der Waals surface area (Å²) in [6, 6.07) is 25.5. The monoisotopic (exact) mass is 404 g/mol. The fourth-order valence-electron chi connectivity index (χ4n) is 3.06. The fraction of sp³-hybridized carbons (Fsp3) is 0.0455. The van der Waals surface area contributed by atoms with Gasteiger partial charge in [-0.1, -0.05) is 64.5 Å². The number of para-hydroxylation sites is 1. The smallest absolute Gasteiger partial charge is 0.262 e. The Hall–Kier alpha value is -2.85. The molecule has 0 spiro atoms. The highest BCUT2D eigenvalue weighted by Gasteiger charge is 2.31. The normalized spacial score (nSPS) is 16.4. The molecule has 1 aliphatic rings. The van der Waals surface area contributed by atoms with Crippen LogP contribution in [0.3, 0.4) is 0 Å². The molecule has 0 radical (unpaired) electrons. The molecule has 0 unspecified atom stereocenters. The van der Waals surface area contributed by atoms with Crippen molar-refractivity contribution in [2.45, 2.75) is 6.17 Å². The van der Waals surface area contributed by atoms with Crippen molar-refractivity contribution in [3.05, 3.63) is 101 Å². The summed E-state index contributed by atoms with van der Waals surface area (Å²) in [6.45, 7) is 0. The van der Waals surface area contributed by atoms with Crippen LogP contribution in [-0.4, -0.2) is 12.1 Å². The van der Waals surface area contributed by atoms with E-state index in [1.807, 2.05) is 91.0 Å². The highest BCUT2D eigenvalue weighted by molar-refractivity contribution is 9.10. The first kappa shape index (κ1) is 16.6. The number of carbonyl (C=O) groups excluding carboxylic acids is 1. The molecule has 0 bridgehead atoms. The van der Waals surface area contributed by atoms with Crippen LogP contribution in [0.4, 0.5) is 11.4 Å². The average Bonchev–Trinajstić information content (AvgIpc) is 2.68. The van der Waals surface area contributed by atoms with Crippen molar-refractivity contribution < 1.29 is 4.79 Å². The summed E-state index contributed by atoms with van der Waals surface area (Å²) < 4.78 is 0.982. The van der Waals surface area contributed by atoms with Gasteiger partial charge in [-0.05, 0) is 48.0 Å². The molecule has 0 saturated heterocycles. The molecule has 0 saturated carbocycles. The van der Waals surface area contributed by atoms with Crippen LogP contribution in [0.1, 0.15) is 15.9 Å². The van der Waals surface area contributed by atoms with E-state index in [-0.39, 0.29) is 12.1 Å². The van der Waals surface area contributed by atoms with Crippen molar-refractivity contribution in [3.8, 4) is 0 Å². The number of hydrogen-bond acceptors (Lipinski definition) is 2. The maximum atomic E-state index is 13.2. The Morgan fingerprint density at radius 2 is 1.58 bits per heavy atom. The minimum atomic E-state index is -0.265. The minimum absolute atomic E-state index is 0.00983. The maximum Gasteiger partial charge on any atom is 0.262 e. The molecular weight excluding hydrogens is 388 g/mol. The quantitative estimate of drug-likeness (QED) is 0.619. The van der Waals surface area contributed by atoms with Crippen LogP contribution < -0.4 is 10.2 Å². The van der Waals surface area contributed by atoms with Gasteiger partial charge >= 0.3 is 0 Å². The van der Waals surface area contributed by atoms with Crippen molar-refractivity contribution in [2.75, 3.05) is 10.2 Å². The lowest BCUT2D eigenvalue weighted by Crippen LogP contribution is -2.48. The van der Waals surface area contributed by atoms with Crippen LogP contribution >= 0.6 is 15.9 Å². The Morgan fingerprint density at radius 1 is 0.885 bits per heavy atom. The van der Waals surface area contributed by atoms with Gasteiger partial charge in [-0.2, -0.15) is 0 Å². The van der Waals surface area contributed by atoms with Crippen LogP contribution in [0.15, 0.2) is 89.4 Å². The van der Waals surface area contributed by atoms with Crippen LogP contribution in [-0.2, 0) is 0 Å². The predicted molar refractivity (Wildman–Crippen MR) is 110 cm³/mol. The van der Waals surface area contributed by atoms with Crippen LogP contribution in [0.5, 0.6) is 0 Å². The summed E-state index contributed by atoms with van der Waals surface area (Å²) >= 11 is 3.45. The van der Waals surface area contributed by atoms with Crippen molar-refractivity contribution in [3.63, 3.8) is 0 Å². The van der Waals surface area contributed by atoms with Crippen molar-refractivity contribution in [1.29, 1.82) is 0 Å². The molecular formula is C22H17BrN2O. The number of fused-ring (bicyclic) bond motifs is 1. The molecule has 1 heterocycles. The topological polar surface area (TPSA) is 32.3 Å². The van der Waals surface area contributed by atoms with E-state index in [1.54, 1.807) is 4.90 Å². The summed E-state index contributed by atoms with van der Waals surface area (Å²) in [4.78, 5) is 15.0. The zero-order valence-electron chi connectivity index (χ0n) is 14.0. The van der Waals surface area contributed by atoms with Gasteiger partial charge in [0.15, 0.2) is 0 Å². The highest BCUT2D eigenvalue weighted by atomic mass is 79.9. The first-order valence-corrected chi connectivity index (χ1v) is 9.19. The summed E-state index contributed by atoms with van der Waals surface area (Å²) in [5, 5.41) is 3.47. The lowest BCUT2D eigenvalue weighted by atomic mass is 10.1. The van der Waals surface area contributed by atoms with Crippen molar-refractivity contribution in [1.82, 2.24) is 0 Å². The van der Waals surface area contributed by atoms with E-state index in [4.69, 9.17) is 0 Å². The largest absolute Gasteiger partial charge is 0.361 e. The molecule has 3 nitrogen and oxygen atoms in total. The van der Waals surface area contributed by atoms with E-state index in [2.05, 4.69) is 21.2 Å². The fourth-order valence-corrected chi connectivity index (χ4v) is 3.32. The average molecular weight is 405 g/mol. The van der Waals surface area contributed by atoms with Crippen LogP contribution in [0.2, 0.25) is 0 Å². The number of nitrogens with one attached hydrogen (secondary N) is 1. The third-order valence-electron chi connectivity index (χ3n) is 4.33. The highest BCUT2D eigenvalue weighted by Crippen LogP contribution is 2.31. The predicted octanol–water partition coefficient (Wildman–Crippen LogP) is 5.56. The molecule has 26 heavy (non-hydrogen) atoms. The number of benzene rings is 3. The van der Waals surface area contributed by atoms with Gasteiger partial charge in [-0.15, -0.1) is 0 Å². The zero-order valence-corrected chi connectivity index (χ0v) is 15.6. The van der Waals surface area contributed by atoms with E-state index in [9.17, 15) is 4.79 Å². The van der Waals surface area contributed by atoms with E-state index >= 15 is 0 Å². The second kappa shape index (κ2) is 7.18. The zero-order chi connectivity index (χ0) is 17.9. The van der Waals surface area contributed by atoms with E-state index in [0.29, 0.717) is 5.56 Å². The van der Waals surface area contributed by atoms with Gasteiger partial charge in [0.1, 0.15) is 6.17 Å². The van der Waals surface area contributed by atoms with E-state index in [0.717, 1.165) is 21.4 Å². The summed E-state index contributed by atoms with van der Waals surface area (Å²) in [7, 11) is 0. The summed E-state index contributed by atoms with van der Waals surface area (Å²) in [5.74, 6) is -0.00983. The molecule has 0 aliphatic carbocycles. The molecule has 1 aliphatic heterocycles. The second-order valence-electron chi connectivity index (χ2n) is 6.06. The lowest BCUT2D eigenvalue weighted by molar-refractivity contribution is 0.0980. The molecule has 1 N–H and O–H groups in total. The Balaban J connectivity index is 1.74. The van der Waals surface area contributed by atoms with Crippen LogP contribution in [0.25, 0.3) is 6.08 Å². The number of carbonyl (C=O) groups is 1. The Bertz CT molecular complexity index is 951. The minimum Gasteiger partial charge on any atom is -0.361 e. The molecule has 3 aromatic carbocycles. The Morgan fingerprint density at radius 3 is 2.35 bits per heavy atom. The number of rotatable bonds is 3. The molecule has 1 amide bonds. The SMILES string of the molecule is O=C1c2ccccc2N[C@@H](/C=C/c2ccccc2)N1c1ccc(Br)cc1. The van der Waals surface area contributed by atoms with Crippen molar-refractivity contribution in [2.24, 2.45) is 0 Å². The number of amides is 1. The standard InChI is InChI=1S/C22H17BrN2O/c23-17-11-13-18(14-12-17)25-21(15-10-16-6-2-1-3-7-16)24-20-9-5-4-8-19(20)22(25)26/h1-15,21,24H/b15-10+/t21-/m1/s1. The van der Waals surface area contributed by atoms with E-state index < -0.39 is 0 Å². The number of hydrogen-bond donors (Lipinski definition) is 1. The van der Waals surface area contributed by atoms with Crippen molar-refractivity contribution >= 4 is 39.3 Å². The van der Waals surface area contributed by atoms with Gasteiger partial charge in [0.05, 0.1) is 5.56 Å². The molecule has 3 aromatic rings. The van der Waals surface area contributed by atoms with Crippen LogP contribution in [0, 0.1) is 0 Å². The Kier molecular flexibility index (Phi) is 4.59. The number of halogens is 1. The molecule has 128 valence electrons. The Labute approximate surface area is 161 Å². The third-order valence-corrected chi connectivity index (χ3v) is 4.86.